The van der Waals surface area contributed by atoms with Gasteiger partial charge in [0, 0.05) is 13.1 Å². The first-order valence-corrected chi connectivity index (χ1v) is 10.5. The Balaban J connectivity index is 1.74. The summed E-state index contributed by atoms with van der Waals surface area (Å²) in [4.78, 5) is 13.4. The van der Waals surface area contributed by atoms with Crippen molar-refractivity contribution >= 4 is 17.8 Å². The van der Waals surface area contributed by atoms with Crippen LogP contribution in [0.2, 0.25) is 0 Å². The van der Waals surface area contributed by atoms with Crippen LogP contribution in [0.25, 0.3) is 0 Å². The molecule has 0 aliphatic heterocycles. The van der Waals surface area contributed by atoms with E-state index in [-0.39, 0.29) is 12.6 Å². The fourth-order valence-corrected chi connectivity index (χ4v) is 2.95. The lowest BCUT2D eigenvalue weighted by Gasteiger charge is -2.16. The Labute approximate surface area is 188 Å². The molecule has 170 valence electrons. The van der Waals surface area contributed by atoms with Gasteiger partial charge in [0.25, 0.3) is 0 Å². The Bertz CT molecular complexity index is 980. The predicted octanol–water partition coefficient (Wildman–Crippen LogP) is 3.30. The molecule has 1 atom stereocenters. The number of methoxy groups -OCH3 is 2. The van der Waals surface area contributed by atoms with E-state index >= 15 is 0 Å². The molecular weight excluding hydrogens is 408 g/mol. The Morgan fingerprint density at radius 1 is 0.812 bits per heavy atom. The van der Waals surface area contributed by atoms with Gasteiger partial charge >= 0.3 is 0 Å². The third kappa shape index (κ3) is 6.71. The van der Waals surface area contributed by atoms with E-state index in [2.05, 4.69) is 30.9 Å². The van der Waals surface area contributed by atoms with Crippen LogP contribution in [0.15, 0.2) is 48.5 Å². The average Bonchev–Trinajstić information content (AvgIpc) is 2.85. The summed E-state index contributed by atoms with van der Waals surface area (Å²) in [6.07, 6.45) is 0.739. The number of hydrogen-bond donors (Lipinski definition) is 4. The molecule has 0 radical (unpaired) electrons. The van der Waals surface area contributed by atoms with E-state index in [4.69, 9.17) is 9.47 Å². The number of aromatic nitrogens is 3. The summed E-state index contributed by atoms with van der Waals surface area (Å²) < 4.78 is 10.5. The van der Waals surface area contributed by atoms with Gasteiger partial charge in [0.1, 0.15) is 11.5 Å². The van der Waals surface area contributed by atoms with E-state index in [0.717, 1.165) is 29.0 Å². The summed E-state index contributed by atoms with van der Waals surface area (Å²) in [5.74, 6) is 2.85. The first-order valence-electron chi connectivity index (χ1n) is 10.5. The number of aliphatic hydroxyl groups is 1. The molecule has 0 bridgehead atoms. The molecule has 0 unspecified atom stereocenters. The minimum Gasteiger partial charge on any atom is -0.497 e. The van der Waals surface area contributed by atoms with E-state index in [9.17, 15) is 5.11 Å². The van der Waals surface area contributed by atoms with Gasteiger partial charge in [0.05, 0.1) is 26.9 Å². The number of aliphatic hydroxyl groups excluding tert-OH is 1. The maximum Gasteiger partial charge on any atom is 0.229 e. The zero-order valence-electron chi connectivity index (χ0n) is 18.6. The van der Waals surface area contributed by atoms with Gasteiger partial charge in [-0.1, -0.05) is 31.2 Å². The Morgan fingerprint density at radius 2 is 1.44 bits per heavy atom. The molecule has 0 amide bonds. The number of nitrogens with zero attached hydrogens (tertiary/aromatic N) is 3. The molecule has 32 heavy (non-hydrogen) atoms. The van der Waals surface area contributed by atoms with Crippen LogP contribution in [0.4, 0.5) is 17.8 Å². The predicted molar refractivity (Wildman–Crippen MR) is 125 cm³/mol. The number of anilines is 3. The summed E-state index contributed by atoms with van der Waals surface area (Å²) in [5.41, 5.74) is 2.10. The van der Waals surface area contributed by atoms with Crippen molar-refractivity contribution < 1.29 is 14.6 Å². The number of ether oxygens (including phenoxy) is 2. The molecule has 2 aromatic carbocycles. The molecule has 0 aliphatic rings. The maximum absolute atomic E-state index is 9.54. The molecule has 0 saturated heterocycles. The van der Waals surface area contributed by atoms with Crippen LogP contribution >= 0.6 is 0 Å². The highest BCUT2D eigenvalue weighted by molar-refractivity contribution is 5.44. The first-order chi connectivity index (χ1) is 15.6. The Morgan fingerprint density at radius 3 is 2.03 bits per heavy atom. The summed E-state index contributed by atoms with van der Waals surface area (Å²) in [5, 5.41) is 19.2. The lowest BCUT2D eigenvalue weighted by Crippen LogP contribution is -2.24. The highest BCUT2D eigenvalue weighted by Crippen LogP contribution is 2.17. The molecule has 1 aromatic heterocycles. The number of nitrogens with one attached hydrogen (secondary N) is 3. The van der Waals surface area contributed by atoms with Crippen molar-refractivity contribution in [3.8, 4) is 11.5 Å². The van der Waals surface area contributed by atoms with Crippen LogP contribution in [-0.4, -0.2) is 46.9 Å². The second-order valence-electron chi connectivity index (χ2n) is 7.15. The minimum atomic E-state index is -0.141. The average molecular weight is 439 g/mol. The quantitative estimate of drug-likeness (QED) is 0.338. The first kappa shape index (κ1) is 23.1. The van der Waals surface area contributed by atoms with Gasteiger partial charge in [-0.05, 0) is 41.8 Å². The van der Waals surface area contributed by atoms with Crippen molar-refractivity contribution in [3.05, 3.63) is 59.7 Å². The van der Waals surface area contributed by atoms with Crippen LogP contribution in [0, 0.1) is 0 Å². The van der Waals surface area contributed by atoms with Crippen molar-refractivity contribution in [2.75, 3.05) is 36.8 Å². The molecule has 3 aromatic rings. The highest BCUT2D eigenvalue weighted by Gasteiger charge is 2.11. The monoisotopic (exact) mass is 438 g/mol. The third-order valence-corrected chi connectivity index (χ3v) is 4.88. The molecule has 4 N–H and O–H groups in total. The second kappa shape index (κ2) is 11.7. The van der Waals surface area contributed by atoms with E-state index in [1.165, 1.54) is 0 Å². The van der Waals surface area contributed by atoms with Crippen molar-refractivity contribution in [1.82, 2.24) is 15.0 Å². The zero-order chi connectivity index (χ0) is 22.8. The largest absolute Gasteiger partial charge is 0.497 e. The third-order valence-electron chi connectivity index (χ3n) is 4.88. The summed E-state index contributed by atoms with van der Waals surface area (Å²) in [7, 11) is 3.28. The molecule has 0 aliphatic carbocycles. The molecule has 1 heterocycles. The molecule has 0 saturated carbocycles. The van der Waals surface area contributed by atoms with Crippen molar-refractivity contribution in [1.29, 1.82) is 0 Å². The van der Waals surface area contributed by atoms with Gasteiger partial charge in [-0.15, -0.1) is 0 Å². The molecule has 9 heteroatoms. The van der Waals surface area contributed by atoms with Crippen LogP contribution in [0.5, 0.6) is 11.5 Å². The standard InChI is InChI=1S/C23H30N6O3/c1-4-18(15-30)26-23-28-21(24-13-16-8-10-19(31-2)11-9-16)27-22(29-23)25-14-17-6-5-7-20(12-17)32-3/h5-12,18,30H,4,13-15H2,1-3H3,(H3,24,25,26,27,28,29)/t18-/m1/s1. The SMILES string of the molecule is CC[C@H](CO)Nc1nc(NCc2ccc(OC)cc2)nc(NCc2cccc(OC)c2)n1. The fraction of sp³-hybridized carbons (Fsp3) is 0.348. The zero-order valence-corrected chi connectivity index (χ0v) is 18.6. The second-order valence-corrected chi connectivity index (χ2v) is 7.15. The Kier molecular flexibility index (Phi) is 8.44. The number of benzene rings is 2. The number of rotatable bonds is 12. The van der Waals surface area contributed by atoms with Gasteiger partial charge in [-0.3, -0.25) is 0 Å². The molecule has 0 spiro atoms. The maximum atomic E-state index is 9.54. The minimum absolute atomic E-state index is 0.0106. The van der Waals surface area contributed by atoms with Crippen molar-refractivity contribution in [3.63, 3.8) is 0 Å². The Hall–Kier alpha value is -3.59. The van der Waals surface area contributed by atoms with Gasteiger partial charge in [-0.2, -0.15) is 15.0 Å². The van der Waals surface area contributed by atoms with Gasteiger partial charge in [-0.25, -0.2) is 0 Å². The van der Waals surface area contributed by atoms with E-state index in [1.807, 2.05) is 55.5 Å². The highest BCUT2D eigenvalue weighted by atomic mass is 16.5. The summed E-state index contributed by atoms with van der Waals surface area (Å²) in [6, 6.07) is 15.4. The normalized spacial score (nSPS) is 11.5. The van der Waals surface area contributed by atoms with Crippen LogP contribution < -0.4 is 25.4 Å². The van der Waals surface area contributed by atoms with Gasteiger partial charge in [0.15, 0.2) is 0 Å². The molecular formula is C23H30N6O3. The number of hydrogen-bond acceptors (Lipinski definition) is 9. The molecule has 0 fully saturated rings. The van der Waals surface area contributed by atoms with Crippen LogP contribution in [0.3, 0.4) is 0 Å². The summed E-state index contributed by atoms with van der Waals surface area (Å²) >= 11 is 0. The van der Waals surface area contributed by atoms with Crippen molar-refractivity contribution in [2.45, 2.75) is 32.5 Å². The topological polar surface area (TPSA) is 113 Å². The summed E-state index contributed by atoms with van der Waals surface area (Å²) in [6.45, 7) is 3.04. The molecule has 3 rings (SSSR count). The van der Waals surface area contributed by atoms with Crippen molar-refractivity contribution in [2.24, 2.45) is 0 Å². The van der Waals surface area contributed by atoms with Gasteiger partial charge < -0.3 is 30.5 Å². The van der Waals surface area contributed by atoms with Crippen LogP contribution in [-0.2, 0) is 13.1 Å². The van der Waals surface area contributed by atoms with E-state index in [0.29, 0.717) is 30.9 Å². The molecule has 9 nitrogen and oxygen atoms in total. The smallest absolute Gasteiger partial charge is 0.229 e. The fourth-order valence-electron chi connectivity index (χ4n) is 2.95. The van der Waals surface area contributed by atoms with E-state index < -0.39 is 0 Å². The lowest BCUT2D eigenvalue weighted by molar-refractivity contribution is 0.271. The van der Waals surface area contributed by atoms with E-state index in [1.54, 1.807) is 14.2 Å². The lowest BCUT2D eigenvalue weighted by atomic mass is 10.2. The van der Waals surface area contributed by atoms with Crippen LogP contribution in [0.1, 0.15) is 24.5 Å². The van der Waals surface area contributed by atoms with Gasteiger partial charge in [0.2, 0.25) is 17.8 Å².